The molecule has 1 fully saturated rings. The van der Waals surface area contributed by atoms with Crippen LogP contribution in [0.4, 0.5) is 0 Å². The summed E-state index contributed by atoms with van der Waals surface area (Å²) in [7, 11) is 0. The Morgan fingerprint density at radius 3 is 1.75 bits per heavy atom. The number of rotatable bonds is 7. The third-order valence-corrected chi connectivity index (χ3v) is 5.88. The molecular formula is C25H30O3. The second kappa shape index (κ2) is 9.68. The fourth-order valence-corrected chi connectivity index (χ4v) is 3.88. The number of hydrogen-bond acceptors (Lipinski definition) is 3. The molecule has 1 aliphatic carbocycles. The molecule has 148 valence electrons. The number of carbonyl (C=O) groups excluding carboxylic acids is 2. The van der Waals surface area contributed by atoms with Crippen LogP contribution in [0, 0.1) is 11.8 Å². The molecule has 3 rings (SSSR count). The molecule has 0 spiro atoms. The monoisotopic (exact) mass is 378 g/mol. The number of hydrogen-bond donors (Lipinski definition) is 0. The molecule has 3 heteroatoms. The number of aryl methyl sites for hydroxylation is 2. The van der Waals surface area contributed by atoms with Crippen LogP contribution in [0.15, 0.2) is 48.5 Å². The lowest BCUT2D eigenvalue weighted by Gasteiger charge is -2.26. The maximum absolute atomic E-state index is 12.6. The molecule has 0 aliphatic heterocycles. The van der Waals surface area contributed by atoms with E-state index in [4.69, 9.17) is 4.74 Å². The Hall–Kier alpha value is -2.42. The molecule has 0 heterocycles. The van der Waals surface area contributed by atoms with E-state index < -0.39 is 0 Å². The summed E-state index contributed by atoms with van der Waals surface area (Å²) in [4.78, 5) is 25.1. The normalized spacial score (nSPS) is 19.2. The van der Waals surface area contributed by atoms with Gasteiger partial charge in [-0.25, -0.2) is 0 Å². The van der Waals surface area contributed by atoms with Crippen LogP contribution in [-0.2, 0) is 28.9 Å². The predicted molar refractivity (Wildman–Crippen MR) is 111 cm³/mol. The number of benzene rings is 2. The maximum Gasteiger partial charge on any atom is 0.314 e. The molecule has 2 aromatic rings. The average Bonchev–Trinajstić information content (AvgIpc) is 2.75. The van der Waals surface area contributed by atoms with E-state index in [1.165, 1.54) is 11.1 Å². The maximum atomic E-state index is 12.6. The lowest BCUT2D eigenvalue weighted by Crippen LogP contribution is -2.29. The molecule has 1 aliphatic rings. The van der Waals surface area contributed by atoms with Crippen LogP contribution in [-0.4, -0.2) is 11.8 Å². The van der Waals surface area contributed by atoms with Crippen molar-refractivity contribution < 1.29 is 14.3 Å². The van der Waals surface area contributed by atoms with Gasteiger partial charge in [0, 0.05) is 12.3 Å². The third-order valence-electron chi connectivity index (χ3n) is 5.88. The summed E-state index contributed by atoms with van der Waals surface area (Å²) >= 11 is 0. The first-order valence-corrected chi connectivity index (χ1v) is 10.5. The van der Waals surface area contributed by atoms with Gasteiger partial charge in [0.25, 0.3) is 0 Å². The summed E-state index contributed by atoms with van der Waals surface area (Å²) in [5, 5.41) is 0. The van der Waals surface area contributed by atoms with Gasteiger partial charge in [0.05, 0.1) is 5.92 Å². The molecule has 0 aromatic heterocycles. The van der Waals surface area contributed by atoms with Gasteiger partial charge in [0.15, 0.2) is 0 Å². The highest BCUT2D eigenvalue weighted by atomic mass is 16.5. The summed E-state index contributed by atoms with van der Waals surface area (Å²) in [6.45, 7) is 4.23. The molecule has 0 saturated heterocycles. The molecule has 0 radical (unpaired) electrons. The van der Waals surface area contributed by atoms with Crippen molar-refractivity contribution in [2.24, 2.45) is 11.8 Å². The third kappa shape index (κ3) is 5.31. The van der Waals surface area contributed by atoms with Crippen molar-refractivity contribution >= 4 is 11.8 Å². The first-order chi connectivity index (χ1) is 13.6. The summed E-state index contributed by atoms with van der Waals surface area (Å²) in [5.41, 5.74) is 3.60. The second-order valence-electron chi connectivity index (χ2n) is 7.78. The summed E-state index contributed by atoms with van der Waals surface area (Å²) in [6.07, 6.45) is 5.49. The van der Waals surface area contributed by atoms with Gasteiger partial charge in [-0.05, 0) is 67.3 Å². The average molecular weight is 379 g/mol. The first kappa shape index (κ1) is 20.3. The van der Waals surface area contributed by atoms with E-state index in [0.29, 0.717) is 18.0 Å². The number of Topliss-reactive ketones (excluding diaryl/α,β-unsaturated/α-hetero) is 1. The van der Waals surface area contributed by atoms with Gasteiger partial charge in [-0.2, -0.15) is 0 Å². The van der Waals surface area contributed by atoms with Crippen molar-refractivity contribution in [1.29, 1.82) is 0 Å². The number of esters is 1. The van der Waals surface area contributed by atoms with E-state index in [-0.39, 0.29) is 17.8 Å². The summed E-state index contributed by atoms with van der Waals surface area (Å²) in [6, 6.07) is 16.0. The Labute approximate surface area is 168 Å². The van der Waals surface area contributed by atoms with Gasteiger partial charge >= 0.3 is 5.97 Å². The smallest absolute Gasteiger partial charge is 0.314 e. The molecule has 1 saturated carbocycles. The van der Waals surface area contributed by atoms with Crippen molar-refractivity contribution in [2.45, 2.75) is 58.8 Å². The lowest BCUT2D eigenvalue weighted by atomic mass is 9.79. The van der Waals surface area contributed by atoms with Gasteiger partial charge < -0.3 is 4.74 Å². The van der Waals surface area contributed by atoms with Crippen molar-refractivity contribution in [3.05, 3.63) is 65.2 Å². The van der Waals surface area contributed by atoms with E-state index in [0.717, 1.165) is 44.1 Å². The van der Waals surface area contributed by atoms with Crippen LogP contribution in [0.3, 0.4) is 0 Å². The number of ketones is 1. The zero-order valence-electron chi connectivity index (χ0n) is 16.9. The number of ether oxygens (including phenoxy) is 1. The van der Waals surface area contributed by atoms with E-state index in [1.54, 1.807) is 0 Å². The van der Waals surface area contributed by atoms with E-state index in [1.807, 2.05) is 24.3 Å². The van der Waals surface area contributed by atoms with E-state index in [9.17, 15) is 9.59 Å². The topological polar surface area (TPSA) is 43.4 Å². The Bertz CT molecular complexity index is 712. The summed E-state index contributed by atoms with van der Waals surface area (Å²) in [5.74, 6) is 0.713. The SMILES string of the molecule is CCc1ccc(CC(=O)[C@H]2CC[C@H](C(=O)Oc3ccc(CC)cc3)CC2)cc1. The van der Waals surface area contributed by atoms with Gasteiger partial charge in [0.2, 0.25) is 0 Å². The lowest BCUT2D eigenvalue weighted by molar-refractivity contribution is -0.141. The van der Waals surface area contributed by atoms with Crippen molar-refractivity contribution in [2.75, 3.05) is 0 Å². The minimum Gasteiger partial charge on any atom is -0.426 e. The molecule has 3 nitrogen and oxygen atoms in total. The van der Waals surface area contributed by atoms with Crippen molar-refractivity contribution in [3.8, 4) is 5.75 Å². The highest BCUT2D eigenvalue weighted by Crippen LogP contribution is 2.31. The Kier molecular flexibility index (Phi) is 7.02. The molecule has 28 heavy (non-hydrogen) atoms. The van der Waals surface area contributed by atoms with E-state index in [2.05, 4.69) is 38.1 Å². The molecule has 0 amide bonds. The standard InChI is InChI=1S/C25H30O3/c1-3-18-5-7-20(8-6-18)17-24(26)21-11-13-22(14-12-21)25(27)28-23-15-9-19(4-2)10-16-23/h5-10,15-16,21-22H,3-4,11-14,17H2,1-2H3/t21-,22-. The van der Waals surface area contributed by atoms with Crippen molar-refractivity contribution in [1.82, 2.24) is 0 Å². The fraction of sp³-hybridized carbons (Fsp3) is 0.440. The zero-order chi connectivity index (χ0) is 19.9. The van der Waals surface area contributed by atoms with Crippen LogP contribution >= 0.6 is 0 Å². The largest absolute Gasteiger partial charge is 0.426 e. The van der Waals surface area contributed by atoms with Crippen LogP contribution in [0.1, 0.15) is 56.2 Å². The molecule has 2 aromatic carbocycles. The van der Waals surface area contributed by atoms with Crippen LogP contribution < -0.4 is 4.74 Å². The molecule has 0 bridgehead atoms. The van der Waals surface area contributed by atoms with Gasteiger partial charge in [0.1, 0.15) is 11.5 Å². The van der Waals surface area contributed by atoms with Gasteiger partial charge in [-0.15, -0.1) is 0 Å². The Morgan fingerprint density at radius 1 is 0.750 bits per heavy atom. The zero-order valence-corrected chi connectivity index (χ0v) is 16.9. The van der Waals surface area contributed by atoms with Crippen molar-refractivity contribution in [3.63, 3.8) is 0 Å². The van der Waals surface area contributed by atoms with Crippen LogP contribution in [0.5, 0.6) is 5.75 Å². The molecule has 0 unspecified atom stereocenters. The highest BCUT2D eigenvalue weighted by molar-refractivity contribution is 5.84. The van der Waals surface area contributed by atoms with Gasteiger partial charge in [-0.3, -0.25) is 9.59 Å². The minimum absolute atomic E-state index is 0.0683. The highest BCUT2D eigenvalue weighted by Gasteiger charge is 2.30. The number of carbonyl (C=O) groups is 2. The Morgan fingerprint density at radius 2 is 1.21 bits per heavy atom. The fourth-order valence-electron chi connectivity index (χ4n) is 3.88. The van der Waals surface area contributed by atoms with Crippen LogP contribution in [0.2, 0.25) is 0 Å². The second-order valence-corrected chi connectivity index (χ2v) is 7.78. The molecule has 0 atom stereocenters. The predicted octanol–water partition coefficient (Wildman–Crippen LogP) is 5.34. The molecule has 0 N–H and O–H groups in total. The minimum atomic E-state index is -0.162. The van der Waals surface area contributed by atoms with E-state index >= 15 is 0 Å². The first-order valence-electron chi connectivity index (χ1n) is 10.5. The quantitative estimate of drug-likeness (QED) is 0.483. The summed E-state index contributed by atoms with van der Waals surface area (Å²) < 4.78 is 5.54. The van der Waals surface area contributed by atoms with Gasteiger partial charge in [-0.1, -0.05) is 50.2 Å². The Balaban J connectivity index is 1.47. The van der Waals surface area contributed by atoms with Crippen LogP contribution in [0.25, 0.3) is 0 Å². The molecular weight excluding hydrogens is 348 g/mol.